The molecule has 0 bridgehead atoms. The van der Waals surface area contributed by atoms with Crippen LogP contribution in [0.5, 0.6) is 0 Å². The Morgan fingerprint density at radius 3 is 1.35 bits per heavy atom. The van der Waals surface area contributed by atoms with Crippen molar-refractivity contribution < 1.29 is 0 Å². The maximum atomic E-state index is 2.44. The van der Waals surface area contributed by atoms with E-state index in [-0.39, 0.29) is 0 Å². The smallest absolute Gasteiger partial charge is 0.0443 e. The predicted molar refractivity (Wildman–Crippen MR) is 80.4 cm³/mol. The summed E-state index contributed by atoms with van der Waals surface area (Å²) in [6, 6.07) is 0. The average Bonchev–Trinajstić information content (AvgIpc) is 2.33. The highest BCUT2D eigenvalue weighted by Crippen LogP contribution is 2.20. The SMILES string of the molecule is CCC(C)CCCCC(C)CCCC(C)CC. The highest BCUT2D eigenvalue weighted by atomic mass is 14.1. The quantitative estimate of drug-likeness (QED) is 0.364. The monoisotopic (exact) mass is 240 g/mol. The minimum absolute atomic E-state index is 0.938. The van der Waals surface area contributed by atoms with Crippen LogP contribution < -0.4 is 0 Å². The summed E-state index contributed by atoms with van der Waals surface area (Å²) in [6.45, 7) is 11.8. The fraction of sp³-hybridized carbons (Fsp3) is 1.00. The van der Waals surface area contributed by atoms with Crippen molar-refractivity contribution in [3.63, 3.8) is 0 Å². The normalized spacial score (nSPS) is 16.8. The van der Waals surface area contributed by atoms with Gasteiger partial charge in [0.25, 0.3) is 0 Å². The first kappa shape index (κ1) is 17.0. The molecule has 0 heterocycles. The standard InChI is InChI=1S/C17H36/c1-6-15(3)11-8-9-12-17(5)14-10-13-16(4)7-2/h15-17H,6-14H2,1-5H3. The Bertz CT molecular complexity index is 150. The number of hydrogen-bond donors (Lipinski definition) is 0. The van der Waals surface area contributed by atoms with Gasteiger partial charge in [0, 0.05) is 0 Å². The lowest BCUT2D eigenvalue weighted by molar-refractivity contribution is 0.395. The molecule has 3 atom stereocenters. The molecular weight excluding hydrogens is 204 g/mol. The summed E-state index contributed by atoms with van der Waals surface area (Å²) in [7, 11) is 0. The van der Waals surface area contributed by atoms with Crippen LogP contribution in [0.3, 0.4) is 0 Å². The van der Waals surface area contributed by atoms with Crippen molar-refractivity contribution >= 4 is 0 Å². The van der Waals surface area contributed by atoms with Gasteiger partial charge in [0.1, 0.15) is 0 Å². The molecule has 0 spiro atoms. The van der Waals surface area contributed by atoms with Crippen molar-refractivity contribution in [2.75, 3.05) is 0 Å². The Labute approximate surface area is 111 Å². The Morgan fingerprint density at radius 1 is 0.529 bits per heavy atom. The minimum Gasteiger partial charge on any atom is -0.0651 e. The van der Waals surface area contributed by atoms with Crippen LogP contribution >= 0.6 is 0 Å². The minimum atomic E-state index is 0.938. The van der Waals surface area contributed by atoms with E-state index in [9.17, 15) is 0 Å². The van der Waals surface area contributed by atoms with E-state index in [0.717, 1.165) is 17.8 Å². The van der Waals surface area contributed by atoms with E-state index in [0.29, 0.717) is 0 Å². The van der Waals surface area contributed by atoms with Gasteiger partial charge in [-0.3, -0.25) is 0 Å². The van der Waals surface area contributed by atoms with Crippen molar-refractivity contribution in [3.05, 3.63) is 0 Å². The van der Waals surface area contributed by atoms with E-state index in [1.165, 1.54) is 57.8 Å². The van der Waals surface area contributed by atoms with Crippen LogP contribution in [0, 0.1) is 17.8 Å². The number of rotatable bonds is 11. The summed E-state index contributed by atoms with van der Waals surface area (Å²) in [5.41, 5.74) is 0. The first-order chi connectivity index (χ1) is 8.10. The summed E-state index contributed by atoms with van der Waals surface area (Å²) in [5.74, 6) is 2.83. The predicted octanol–water partition coefficient (Wildman–Crippen LogP) is 6.45. The molecule has 104 valence electrons. The zero-order chi connectivity index (χ0) is 13.1. The number of hydrogen-bond acceptors (Lipinski definition) is 0. The molecule has 0 nitrogen and oxygen atoms in total. The summed E-state index contributed by atoms with van der Waals surface area (Å²) >= 11 is 0. The molecule has 0 heteroatoms. The van der Waals surface area contributed by atoms with E-state index in [1.807, 2.05) is 0 Å². The van der Waals surface area contributed by atoms with Gasteiger partial charge in [0.15, 0.2) is 0 Å². The van der Waals surface area contributed by atoms with Crippen LogP contribution in [-0.2, 0) is 0 Å². The third-order valence-electron chi connectivity index (χ3n) is 4.43. The third kappa shape index (κ3) is 10.9. The second-order valence-electron chi connectivity index (χ2n) is 6.35. The lowest BCUT2D eigenvalue weighted by atomic mass is 9.93. The topological polar surface area (TPSA) is 0 Å². The van der Waals surface area contributed by atoms with Crippen LogP contribution in [0.2, 0.25) is 0 Å². The Hall–Kier alpha value is 0. The summed E-state index contributed by atoms with van der Waals surface area (Å²) < 4.78 is 0. The second-order valence-corrected chi connectivity index (χ2v) is 6.35. The Balaban J connectivity index is 3.31. The molecule has 0 N–H and O–H groups in total. The first-order valence-electron chi connectivity index (χ1n) is 8.10. The molecule has 0 aromatic heterocycles. The van der Waals surface area contributed by atoms with Crippen LogP contribution in [0.1, 0.15) is 92.4 Å². The van der Waals surface area contributed by atoms with Gasteiger partial charge in [-0.05, 0) is 17.8 Å². The van der Waals surface area contributed by atoms with Gasteiger partial charge < -0.3 is 0 Å². The molecule has 0 fully saturated rings. The lowest BCUT2D eigenvalue weighted by Gasteiger charge is -2.14. The largest absolute Gasteiger partial charge is 0.0651 e. The fourth-order valence-corrected chi connectivity index (χ4v) is 2.35. The molecule has 0 aliphatic carbocycles. The zero-order valence-electron chi connectivity index (χ0n) is 13.1. The van der Waals surface area contributed by atoms with Crippen molar-refractivity contribution in [1.29, 1.82) is 0 Å². The summed E-state index contributed by atoms with van der Waals surface area (Å²) in [6.07, 6.45) is 12.8. The second kappa shape index (κ2) is 11.1. The van der Waals surface area contributed by atoms with E-state index in [1.54, 1.807) is 0 Å². The van der Waals surface area contributed by atoms with Crippen LogP contribution in [0.25, 0.3) is 0 Å². The molecule has 17 heavy (non-hydrogen) atoms. The van der Waals surface area contributed by atoms with Gasteiger partial charge in [-0.15, -0.1) is 0 Å². The van der Waals surface area contributed by atoms with Crippen LogP contribution in [0.4, 0.5) is 0 Å². The molecule has 0 saturated carbocycles. The van der Waals surface area contributed by atoms with Crippen molar-refractivity contribution in [2.24, 2.45) is 17.8 Å². The molecule has 0 radical (unpaired) electrons. The zero-order valence-corrected chi connectivity index (χ0v) is 13.1. The van der Waals surface area contributed by atoms with E-state index >= 15 is 0 Å². The Kier molecular flexibility index (Phi) is 11.1. The summed E-state index contributed by atoms with van der Waals surface area (Å²) in [5, 5.41) is 0. The Morgan fingerprint density at radius 2 is 0.882 bits per heavy atom. The van der Waals surface area contributed by atoms with Crippen molar-refractivity contribution in [3.8, 4) is 0 Å². The van der Waals surface area contributed by atoms with Gasteiger partial charge in [-0.1, -0.05) is 92.4 Å². The van der Waals surface area contributed by atoms with E-state index in [2.05, 4.69) is 34.6 Å². The molecular formula is C17H36. The molecule has 3 unspecified atom stereocenters. The highest BCUT2D eigenvalue weighted by molar-refractivity contribution is 4.58. The third-order valence-corrected chi connectivity index (χ3v) is 4.43. The van der Waals surface area contributed by atoms with Gasteiger partial charge in [-0.2, -0.15) is 0 Å². The molecule has 0 rings (SSSR count). The fourth-order valence-electron chi connectivity index (χ4n) is 2.35. The molecule has 0 saturated heterocycles. The highest BCUT2D eigenvalue weighted by Gasteiger charge is 2.05. The number of unbranched alkanes of at least 4 members (excludes halogenated alkanes) is 1. The maximum Gasteiger partial charge on any atom is -0.0443 e. The molecule has 0 amide bonds. The maximum absolute atomic E-state index is 2.44. The van der Waals surface area contributed by atoms with Gasteiger partial charge >= 0.3 is 0 Å². The van der Waals surface area contributed by atoms with Crippen LogP contribution in [-0.4, -0.2) is 0 Å². The average molecular weight is 240 g/mol. The van der Waals surface area contributed by atoms with Crippen LogP contribution in [0.15, 0.2) is 0 Å². The van der Waals surface area contributed by atoms with Gasteiger partial charge in [0.05, 0.1) is 0 Å². The van der Waals surface area contributed by atoms with E-state index in [4.69, 9.17) is 0 Å². The molecule has 0 aliphatic heterocycles. The molecule has 0 aliphatic rings. The molecule has 0 aromatic rings. The summed E-state index contributed by atoms with van der Waals surface area (Å²) in [4.78, 5) is 0. The lowest BCUT2D eigenvalue weighted by Crippen LogP contribution is -1.99. The van der Waals surface area contributed by atoms with Crippen molar-refractivity contribution in [1.82, 2.24) is 0 Å². The van der Waals surface area contributed by atoms with E-state index < -0.39 is 0 Å². The van der Waals surface area contributed by atoms with Crippen molar-refractivity contribution in [2.45, 2.75) is 92.4 Å². The van der Waals surface area contributed by atoms with Gasteiger partial charge in [-0.25, -0.2) is 0 Å². The van der Waals surface area contributed by atoms with Gasteiger partial charge in [0.2, 0.25) is 0 Å². The molecule has 0 aromatic carbocycles. The first-order valence-corrected chi connectivity index (χ1v) is 8.10.